The van der Waals surface area contributed by atoms with Crippen LogP contribution in [0.4, 0.5) is 11.6 Å². The molecule has 1 unspecified atom stereocenters. The number of para-hydroxylation sites is 1. The number of sulfonamides is 1. The Labute approximate surface area is 251 Å². The minimum atomic E-state index is -4.24. The van der Waals surface area contributed by atoms with Gasteiger partial charge in [0, 0.05) is 17.7 Å². The maximum atomic E-state index is 13.7. The van der Waals surface area contributed by atoms with Gasteiger partial charge in [-0.2, -0.15) is 0 Å². The number of thiazole rings is 1. The van der Waals surface area contributed by atoms with E-state index in [0.29, 0.717) is 32.8 Å². The monoisotopic (exact) mass is 616 g/mol. The first-order chi connectivity index (χ1) is 20.6. The lowest BCUT2D eigenvalue weighted by atomic mass is 10.2. The quantitative estimate of drug-likeness (QED) is 0.0986. The van der Waals surface area contributed by atoms with Crippen LogP contribution < -0.4 is 13.8 Å². The first-order valence-corrected chi connectivity index (χ1v) is 15.1. The second kappa shape index (κ2) is 12.4. The van der Waals surface area contributed by atoms with Crippen molar-refractivity contribution in [2.24, 2.45) is 0 Å². The molecular weight excluding hydrogens is 592 g/mol. The fraction of sp³-hybridized carbons (Fsp3) is 0.133. The Morgan fingerprint density at radius 1 is 0.953 bits per heavy atom. The minimum Gasteiger partial charge on any atom is -0.457 e. The number of aryl methyl sites for hydroxylation is 1. The van der Waals surface area contributed by atoms with Crippen LogP contribution in [0.5, 0.6) is 22.4 Å². The third-order valence-corrected chi connectivity index (χ3v) is 8.84. The second-order valence-corrected chi connectivity index (χ2v) is 12.0. The molecule has 0 amide bonds. The van der Waals surface area contributed by atoms with E-state index in [1.165, 1.54) is 29.7 Å². The maximum absolute atomic E-state index is 13.7. The molecule has 0 aliphatic heterocycles. The summed E-state index contributed by atoms with van der Waals surface area (Å²) < 4.78 is 45.5. The van der Waals surface area contributed by atoms with Crippen molar-refractivity contribution >= 4 is 32.9 Å². The topological polar surface area (TPSA) is 138 Å². The summed E-state index contributed by atoms with van der Waals surface area (Å²) in [5, 5.41) is 15.3. The van der Waals surface area contributed by atoms with Crippen LogP contribution in [0.1, 0.15) is 23.1 Å². The first kappa shape index (κ1) is 29.3. The molecule has 5 aromatic rings. The number of aromatic nitrogens is 2. The van der Waals surface area contributed by atoms with Gasteiger partial charge in [0.05, 0.1) is 21.7 Å². The van der Waals surface area contributed by atoms with Gasteiger partial charge in [-0.3, -0.25) is 10.1 Å². The van der Waals surface area contributed by atoms with Gasteiger partial charge in [0.2, 0.25) is 5.88 Å². The molecule has 43 heavy (non-hydrogen) atoms. The van der Waals surface area contributed by atoms with Gasteiger partial charge in [-0.05, 0) is 69.3 Å². The largest absolute Gasteiger partial charge is 0.457 e. The summed E-state index contributed by atoms with van der Waals surface area (Å²) in [7, 11) is -4.24. The van der Waals surface area contributed by atoms with Crippen LogP contribution >= 0.6 is 11.3 Å². The van der Waals surface area contributed by atoms with Gasteiger partial charge in [-0.1, -0.05) is 46.5 Å². The summed E-state index contributed by atoms with van der Waals surface area (Å²) in [6, 6.07) is 20.2. The maximum Gasteiger partial charge on any atom is 0.279 e. The highest BCUT2D eigenvalue weighted by atomic mass is 32.2. The Bertz CT molecular complexity index is 1910. The van der Waals surface area contributed by atoms with Crippen molar-refractivity contribution in [2.45, 2.75) is 31.7 Å². The molecule has 1 atom stereocenters. The zero-order valence-corrected chi connectivity index (χ0v) is 24.8. The van der Waals surface area contributed by atoms with Crippen LogP contribution in [0, 0.1) is 35.8 Å². The Morgan fingerprint density at radius 3 is 2.19 bits per heavy atom. The van der Waals surface area contributed by atoms with E-state index in [-0.39, 0.29) is 16.5 Å². The molecule has 218 valence electrons. The highest BCUT2D eigenvalue weighted by Gasteiger charge is 2.34. The Kier molecular flexibility index (Phi) is 8.42. The average molecular weight is 617 g/mol. The van der Waals surface area contributed by atoms with Gasteiger partial charge in [0.15, 0.2) is 0 Å². The van der Waals surface area contributed by atoms with Crippen LogP contribution in [0.3, 0.4) is 0 Å². The van der Waals surface area contributed by atoms with Crippen molar-refractivity contribution in [1.82, 2.24) is 10.1 Å². The molecule has 2 aromatic heterocycles. The molecule has 0 spiro atoms. The van der Waals surface area contributed by atoms with E-state index in [0.717, 1.165) is 22.2 Å². The number of nitro groups is 1. The SMILES string of the molecule is Cc1noc(N(C(C)C#Cc2cnc(Oc3ccc(Oc4ccccc4)cc3)s2)S(=O)(=O)c2ccc([N+](=O)[O-])cc2)c1C. The zero-order valence-electron chi connectivity index (χ0n) is 23.1. The van der Waals surface area contributed by atoms with Crippen LogP contribution in [-0.2, 0) is 10.0 Å². The van der Waals surface area contributed by atoms with E-state index >= 15 is 0 Å². The van der Waals surface area contributed by atoms with E-state index < -0.39 is 21.0 Å². The van der Waals surface area contributed by atoms with Gasteiger partial charge >= 0.3 is 0 Å². The molecule has 2 heterocycles. The first-order valence-electron chi connectivity index (χ1n) is 12.8. The van der Waals surface area contributed by atoms with E-state index in [1.54, 1.807) is 45.0 Å². The van der Waals surface area contributed by atoms with E-state index in [1.807, 2.05) is 30.3 Å². The van der Waals surface area contributed by atoms with E-state index in [4.69, 9.17) is 14.0 Å². The number of nitro benzene ring substituents is 1. The summed E-state index contributed by atoms with van der Waals surface area (Å²) in [5.74, 6) is 7.85. The summed E-state index contributed by atoms with van der Waals surface area (Å²) >= 11 is 1.19. The second-order valence-electron chi connectivity index (χ2n) is 9.17. The van der Waals surface area contributed by atoms with Gasteiger partial charge < -0.3 is 14.0 Å². The standard InChI is InChI=1S/C30H24N4O7S2/c1-20(33(29-21(2)22(3)32-41-29)43(37,38)28-17-10-23(11-18-28)34(35)36)9-16-27-19-31-30(42-27)40-26-14-12-25(13-15-26)39-24-7-5-4-6-8-24/h4-8,10-15,17-20H,1-3H3. The lowest BCUT2D eigenvalue weighted by Crippen LogP contribution is -2.38. The molecule has 11 nitrogen and oxygen atoms in total. The van der Waals surface area contributed by atoms with Gasteiger partial charge in [0.25, 0.3) is 20.9 Å². The van der Waals surface area contributed by atoms with Crippen molar-refractivity contribution in [2.75, 3.05) is 4.31 Å². The molecule has 13 heteroatoms. The van der Waals surface area contributed by atoms with Crippen molar-refractivity contribution in [1.29, 1.82) is 0 Å². The molecule has 0 bridgehead atoms. The molecule has 3 aromatic carbocycles. The molecule has 0 radical (unpaired) electrons. The highest BCUT2D eigenvalue weighted by molar-refractivity contribution is 7.92. The number of hydrogen-bond acceptors (Lipinski definition) is 10. The summed E-state index contributed by atoms with van der Waals surface area (Å²) in [5.41, 5.74) is 0.806. The summed E-state index contributed by atoms with van der Waals surface area (Å²) in [6.07, 6.45) is 1.53. The van der Waals surface area contributed by atoms with Crippen molar-refractivity contribution in [3.8, 4) is 34.3 Å². The van der Waals surface area contributed by atoms with E-state index in [2.05, 4.69) is 22.0 Å². The lowest BCUT2D eigenvalue weighted by Gasteiger charge is -2.25. The highest BCUT2D eigenvalue weighted by Crippen LogP contribution is 2.32. The van der Waals surface area contributed by atoms with Crippen molar-refractivity contribution < 1.29 is 27.3 Å². The van der Waals surface area contributed by atoms with Crippen LogP contribution in [-0.4, -0.2) is 29.5 Å². The fourth-order valence-electron chi connectivity index (χ4n) is 3.85. The van der Waals surface area contributed by atoms with Crippen LogP contribution in [0.2, 0.25) is 0 Å². The molecule has 0 N–H and O–H groups in total. The molecule has 0 fully saturated rings. The molecule has 0 aliphatic carbocycles. The Hall–Kier alpha value is -5.19. The lowest BCUT2D eigenvalue weighted by molar-refractivity contribution is -0.384. The molecule has 0 aliphatic rings. The van der Waals surface area contributed by atoms with Gasteiger partial charge in [-0.15, -0.1) is 0 Å². The Balaban J connectivity index is 1.34. The fourth-order valence-corrected chi connectivity index (χ4v) is 6.07. The van der Waals surface area contributed by atoms with Crippen LogP contribution in [0.15, 0.2) is 94.5 Å². The van der Waals surface area contributed by atoms with Crippen molar-refractivity contribution in [3.63, 3.8) is 0 Å². The predicted octanol–water partition coefficient (Wildman–Crippen LogP) is 6.88. The Morgan fingerprint density at radius 2 is 1.58 bits per heavy atom. The molecule has 5 rings (SSSR count). The third-order valence-electron chi connectivity index (χ3n) is 6.19. The molecule has 0 saturated carbocycles. The number of benzene rings is 3. The zero-order chi connectivity index (χ0) is 30.6. The average Bonchev–Trinajstić information content (AvgIpc) is 3.59. The smallest absolute Gasteiger partial charge is 0.279 e. The number of ether oxygens (including phenoxy) is 2. The van der Waals surface area contributed by atoms with Gasteiger partial charge in [0.1, 0.15) is 28.2 Å². The van der Waals surface area contributed by atoms with Crippen molar-refractivity contribution in [3.05, 3.63) is 111 Å². The summed E-state index contributed by atoms with van der Waals surface area (Å²) in [6.45, 7) is 4.98. The van der Waals surface area contributed by atoms with Crippen LogP contribution in [0.25, 0.3) is 0 Å². The number of rotatable bonds is 9. The molecular formula is C30H24N4O7S2. The van der Waals surface area contributed by atoms with Gasteiger partial charge in [-0.25, -0.2) is 17.7 Å². The van der Waals surface area contributed by atoms with E-state index in [9.17, 15) is 18.5 Å². The number of anilines is 1. The number of hydrogen-bond donors (Lipinski definition) is 0. The third kappa shape index (κ3) is 6.66. The minimum absolute atomic E-state index is 0.00525. The number of non-ortho nitro benzene ring substituents is 1. The number of nitrogens with zero attached hydrogens (tertiary/aromatic N) is 4. The molecule has 0 saturated heterocycles. The summed E-state index contributed by atoms with van der Waals surface area (Å²) in [4.78, 5) is 15.1. The normalized spacial score (nSPS) is 11.7. The predicted molar refractivity (Wildman–Crippen MR) is 160 cm³/mol.